The van der Waals surface area contributed by atoms with Crippen molar-refractivity contribution in [1.82, 2.24) is 5.32 Å². The van der Waals surface area contributed by atoms with Crippen molar-refractivity contribution in [2.45, 2.75) is 18.8 Å². The van der Waals surface area contributed by atoms with Crippen LogP contribution >= 0.6 is 46.6 Å². The molecule has 0 heterocycles. The van der Waals surface area contributed by atoms with E-state index < -0.39 is 6.10 Å². The topological polar surface area (TPSA) is 38.3 Å². The van der Waals surface area contributed by atoms with E-state index in [0.717, 1.165) is 17.1 Å². The van der Waals surface area contributed by atoms with Gasteiger partial charge in [0.05, 0.1) is 0 Å². The highest BCUT2D eigenvalue weighted by Gasteiger charge is 2.13. The van der Waals surface area contributed by atoms with Crippen molar-refractivity contribution >= 4 is 52.5 Å². The Morgan fingerprint density at radius 3 is 2.48 bits per heavy atom. The highest BCUT2D eigenvalue weighted by atomic mass is 35.5. The lowest BCUT2D eigenvalue weighted by molar-refractivity contribution is -0.127. The van der Waals surface area contributed by atoms with E-state index in [9.17, 15) is 4.79 Å². The zero-order valence-electron chi connectivity index (χ0n) is 13.6. The summed E-state index contributed by atoms with van der Waals surface area (Å²) in [5.41, 5.74) is 1.03. The number of rotatable bonds is 8. The number of ether oxygens (including phenoxy) is 1. The number of halogens is 3. The molecule has 1 amide bonds. The average Bonchev–Trinajstić information content (AvgIpc) is 2.58. The summed E-state index contributed by atoms with van der Waals surface area (Å²) < 4.78 is 5.58. The molecule has 0 saturated heterocycles. The number of hydrogen-bond donors (Lipinski definition) is 1. The Labute approximate surface area is 167 Å². The zero-order valence-corrected chi connectivity index (χ0v) is 16.7. The molecule has 0 unspecified atom stereocenters. The van der Waals surface area contributed by atoms with Crippen molar-refractivity contribution in [3.63, 3.8) is 0 Å². The molecule has 0 aliphatic heterocycles. The van der Waals surface area contributed by atoms with Crippen LogP contribution in [0.3, 0.4) is 0 Å². The van der Waals surface area contributed by atoms with E-state index in [0.29, 0.717) is 27.4 Å². The molecule has 0 saturated carbocycles. The summed E-state index contributed by atoms with van der Waals surface area (Å²) in [7, 11) is 0. The van der Waals surface area contributed by atoms with Crippen LogP contribution in [0.5, 0.6) is 5.75 Å². The Hall–Kier alpha value is -1.07. The minimum absolute atomic E-state index is 0.153. The standard InChI is InChI=1S/C18H18Cl3NO2S/c1-12(24-16-6-4-14(19)5-7-16)18(23)22-8-9-25-11-13-2-3-15(20)10-17(13)21/h2-7,10,12H,8-9,11H2,1H3,(H,22,23)/t12-/m1/s1. The van der Waals surface area contributed by atoms with Crippen LogP contribution in [0.15, 0.2) is 42.5 Å². The van der Waals surface area contributed by atoms with Crippen LogP contribution in [0.4, 0.5) is 0 Å². The minimum atomic E-state index is -0.572. The number of carbonyl (C=O) groups excluding carboxylic acids is 1. The van der Waals surface area contributed by atoms with E-state index in [1.807, 2.05) is 12.1 Å². The van der Waals surface area contributed by atoms with Gasteiger partial charge in [0.25, 0.3) is 5.91 Å². The SMILES string of the molecule is C[C@@H](Oc1ccc(Cl)cc1)C(=O)NCCSCc1ccc(Cl)cc1Cl. The van der Waals surface area contributed by atoms with Gasteiger partial charge in [-0.1, -0.05) is 40.9 Å². The van der Waals surface area contributed by atoms with Crippen LogP contribution in [0, 0.1) is 0 Å². The van der Waals surface area contributed by atoms with Gasteiger partial charge in [0.1, 0.15) is 5.75 Å². The van der Waals surface area contributed by atoms with E-state index in [1.165, 1.54) is 0 Å². The van der Waals surface area contributed by atoms with Crippen LogP contribution in [0.1, 0.15) is 12.5 Å². The summed E-state index contributed by atoms with van der Waals surface area (Å²) in [6.07, 6.45) is -0.572. The van der Waals surface area contributed by atoms with Crippen molar-refractivity contribution in [2.75, 3.05) is 12.3 Å². The van der Waals surface area contributed by atoms with Gasteiger partial charge >= 0.3 is 0 Å². The molecule has 2 rings (SSSR count). The van der Waals surface area contributed by atoms with Gasteiger partial charge in [0.2, 0.25) is 0 Å². The van der Waals surface area contributed by atoms with Gasteiger partial charge < -0.3 is 10.1 Å². The van der Waals surface area contributed by atoms with Gasteiger partial charge in [-0.05, 0) is 48.9 Å². The quantitative estimate of drug-likeness (QED) is 0.578. The molecule has 0 aliphatic rings. The smallest absolute Gasteiger partial charge is 0.260 e. The molecule has 25 heavy (non-hydrogen) atoms. The second-order valence-electron chi connectivity index (χ2n) is 5.29. The van der Waals surface area contributed by atoms with Gasteiger partial charge in [-0.3, -0.25) is 4.79 Å². The third kappa shape index (κ3) is 6.98. The summed E-state index contributed by atoms with van der Waals surface area (Å²) in [4.78, 5) is 12.0. The second kappa shape index (κ2) is 10.2. The summed E-state index contributed by atoms with van der Waals surface area (Å²) in [6, 6.07) is 12.4. The number of carbonyl (C=O) groups is 1. The highest BCUT2D eigenvalue weighted by Crippen LogP contribution is 2.24. The maximum atomic E-state index is 12.0. The molecule has 0 fully saturated rings. The fraction of sp³-hybridized carbons (Fsp3) is 0.278. The summed E-state index contributed by atoms with van der Waals surface area (Å²) in [6.45, 7) is 2.27. The van der Waals surface area contributed by atoms with E-state index in [-0.39, 0.29) is 5.91 Å². The second-order valence-corrected chi connectivity index (χ2v) is 7.68. The molecule has 1 atom stereocenters. The number of nitrogens with one attached hydrogen (secondary N) is 1. The maximum Gasteiger partial charge on any atom is 0.260 e. The molecule has 2 aromatic carbocycles. The van der Waals surface area contributed by atoms with E-state index >= 15 is 0 Å². The van der Waals surface area contributed by atoms with Gasteiger partial charge in [-0.25, -0.2) is 0 Å². The predicted molar refractivity (Wildman–Crippen MR) is 107 cm³/mol. The Morgan fingerprint density at radius 1 is 1.12 bits per heavy atom. The zero-order chi connectivity index (χ0) is 18.2. The Kier molecular flexibility index (Phi) is 8.24. The van der Waals surface area contributed by atoms with Crippen LogP contribution in [0.25, 0.3) is 0 Å². The highest BCUT2D eigenvalue weighted by molar-refractivity contribution is 7.98. The first-order valence-electron chi connectivity index (χ1n) is 7.67. The molecule has 3 nitrogen and oxygen atoms in total. The Bertz CT molecular complexity index is 710. The maximum absolute atomic E-state index is 12.0. The van der Waals surface area contributed by atoms with Crippen LogP contribution in [0.2, 0.25) is 15.1 Å². The number of amides is 1. The summed E-state index contributed by atoms with van der Waals surface area (Å²) in [5, 5.41) is 4.77. The van der Waals surface area contributed by atoms with Crippen LogP contribution < -0.4 is 10.1 Å². The Morgan fingerprint density at radius 2 is 1.80 bits per heavy atom. The van der Waals surface area contributed by atoms with Crippen molar-refractivity contribution in [2.24, 2.45) is 0 Å². The molecular weight excluding hydrogens is 401 g/mol. The molecule has 0 radical (unpaired) electrons. The third-order valence-corrected chi connectivity index (χ3v) is 5.16. The first-order valence-corrected chi connectivity index (χ1v) is 9.96. The lowest BCUT2D eigenvalue weighted by Gasteiger charge is -2.14. The van der Waals surface area contributed by atoms with Gasteiger partial charge in [0, 0.05) is 33.1 Å². The van der Waals surface area contributed by atoms with Crippen molar-refractivity contribution in [1.29, 1.82) is 0 Å². The van der Waals surface area contributed by atoms with Crippen molar-refractivity contribution in [3.05, 3.63) is 63.1 Å². The fourth-order valence-electron chi connectivity index (χ4n) is 1.98. The van der Waals surface area contributed by atoms with Crippen molar-refractivity contribution in [3.8, 4) is 5.75 Å². The molecule has 0 aromatic heterocycles. The number of hydrogen-bond acceptors (Lipinski definition) is 3. The Balaban J connectivity index is 1.66. The van der Waals surface area contributed by atoms with E-state index in [4.69, 9.17) is 39.5 Å². The largest absolute Gasteiger partial charge is 0.481 e. The molecular formula is C18H18Cl3NO2S. The normalized spacial score (nSPS) is 11.8. The molecule has 7 heteroatoms. The average molecular weight is 419 g/mol. The lowest BCUT2D eigenvalue weighted by Crippen LogP contribution is -2.37. The predicted octanol–water partition coefficient (Wildman–Crippen LogP) is 5.46. The molecule has 0 bridgehead atoms. The number of thioether (sulfide) groups is 1. The minimum Gasteiger partial charge on any atom is -0.481 e. The molecule has 0 aliphatic carbocycles. The van der Waals surface area contributed by atoms with Gasteiger partial charge in [-0.2, -0.15) is 11.8 Å². The van der Waals surface area contributed by atoms with E-state index in [1.54, 1.807) is 49.0 Å². The third-order valence-electron chi connectivity index (χ3n) is 3.31. The van der Waals surface area contributed by atoms with Crippen LogP contribution in [-0.2, 0) is 10.5 Å². The molecule has 1 N–H and O–H groups in total. The monoisotopic (exact) mass is 417 g/mol. The number of benzene rings is 2. The van der Waals surface area contributed by atoms with Crippen LogP contribution in [-0.4, -0.2) is 24.3 Å². The summed E-state index contributed by atoms with van der Waals surface area (Å²) in [5.74, 6) is 2.00. The van der Waals surface area contributed by atoms with E-state index in [2.05, 4.69) is 5.32 Å². The van der Waals surface area contributed by atoms with Gasteiger partial charge in [0.15, 0.2) is 6.10 Å². The fourth-order valence-corrected chi connectivity index (χ4v) is 3.52. The molecule has 0 spiro atoms. The first kappa shape index (κ1) is 20.2. The molecule has 2 aromatic rings. The summed E-state index contributed by atoms with van der Waals surface area (Å²) >= 11 is 19.5. The first-order chi connectivity index (χ1) is 12.0. The molecule has 134 valence electrons. The lowest BCUT2D eigenvalue weighted by atomic mass is 10.2. The van der Waals surface area contributed by atoms with Crippen molar-refractivity contribution < 1.29 is 9.53 Å². The van der Waals surface area contributed by atoms with Gasteiger partial charge in [-0.15, -0.1) is 0 Å².